The van der Waals surface area contributed by atoms with Crippen molar-refractivity contribution in [1.82, 2.24) is 4.98 Å². The van der Waals surface area contributed by atoms with E-state index in [0.29, 0.717) is 11.4 Å². The molecule has 0 atom stereocenters. The van der Waals surface area contributed by atoms with E-state index in [9.17, 15) is 4.79 Å². The fraction of sp³-hybridized carbons (Fsp3) is 0.200. The third-order valence-electron chi connectivity index (χ3n) is 1.82. The normalized spacial score (nSPS) is 12.1. The summed E-state index contributed by atoms with van der Waals surface area (Å²) in [6.07, 6.45) is 1.89. The number of nitrogens with two attached hydrogens (primary N) is 1. The van der Waals surface area contributed by atoms with Crippen LogP contribution in [0.1, 0.15) is 12.6 Å². The molecule has 1 heterocycles. The molecule has 0 aliphatic rings. The molecule has 0 saturated heterocycles. The summed E-state index contributed by atoms with van der Waals surface area (Å²) in [7, 11) is 0. The minimum atomic E-state index is -0.990. The smallest absolute Gasteiger partial charge is 0.333 e. The van der Waals surface area contributed by atoms with E-state index in [1.807, 2.05) is 6.07 Å². The first kappa shape index (κ1) is 10.2. The minimum Gasteiger partial charge on any atom is -0.478 e. The summed E-state index contributed by atoms with van der Waals surface area (Å²) in [5.41, 5.74) is 6.68. The van der Waals surface area contributed by atoms with Crippen molar-refractivity contribution in [3.8, 4) is 0 Å². The predicted octanol–water partition coefficient (Wildman–Crippen LogP) is 0.941. The maximum Gasteiger partial charge on any atom is 0.333 e. The number of nitrogens with zero attached hydrogens (tertiary/aromatic N) is 1. The molecule has 0 radical (unpaired) electrons. The van der Waals surface area contributed by atoms with E-state index in [0.717, 1.165) is 0 Å². The molecular weight excluding hydrogens is 180 g/mol. The van der Waals surface area contributed by atoms with Crippen LogP contribution in [0.25, 0.3) is 0 Å². The van der Waals surface area contributed by atoms with Gasteiger partial charge in [-0.25, -0.2) is 4.79 Å². The van der Waals surface area contributed by atoms with Crippen molar-refractivity contribution in [2.45, 2.75) is 13.3 Å². The van der Waals surface area contributed by atoms with Gasteiger partial charge in [0, 0.05) is 24.0 Å². The molecule has 14 heavy (non-hydrogen) atoms. The van der Waals surface area contributed by atoms with Gasteiger partial charge < -0.3 is 10.8 Å². The summed E-state index contributed by atoms with van der Waals surface area (Å²) in [6, 6.07) is 5.36. The number of carboxylic acid groups (broad SMARTS) is 1. The van der Waals surface area contributed by atoms with Crippen LogP contribution in [0, 0.1) is 0 Å². The van der Waals surface area contributed by atoms with E-state index in [1.165, 1.54) is 0 Å². The molecule has 4 heteroatoms. The number of pyridine rings is 1. The number of carbonyl (C=O) groups is 1. The van der Waals surface area contributed by atoms with Gasteiger partial charge in [0.2, 0.25) is 0 Å². The summed E-state index contributed by atoms with van der Waals surface area (Å²) in [5.74, 6) is -0.990. The third kappa shape index (κ3) is 2.58. The Kier molecular flexibility index (Phi) is 3.23. The molecule has 0 aliphatic carbocycles. The van der Waals surface area contributed by atoms with Gasteiger partial charge >= 0.3 is 5.97 Å². The Hall–Kier alpha value is -1.84. The Morgan fingerprint density at radius 2 is 2.29 bits per heavy atom. The minimum absolute atomic E-state index is 0.198. The van der Waals surface area contributed by atoms with Gasteiger partial charge in [-0.15, -0.1) is 0 Å². The first-order valence-electron chi connectivity index (χ1n) is 4.19. The fourth-order valence-electron chi connectivity index (χ4n) is 1.07. The van der Waals surface area contributed by atoms with Crippen LogP contribution in [0.5, 0.6) is 0 Å². The number of rotatable bonds is 3. The zero-order valence-corrected chi connectivity index (χ0v) is 7.90. The molecule has 0 aromatic carbocycles. The van der Waals surface area contributed by atoms with E-state index in [1.54, 1.807) is 25.3 Å². The van der Waals surface area contributed by atoms with Gasteiger partial charge in [0.15, 0.2) is 0 Å². The highest BCUT2D eigenvalue weighted by molar-refractivity contribution is 5.87. The molecule has 1 aromatic heterocycles. The van der Waals surface area contributed by atoms with Crippen LogP contribution in [0.15, 0.2) is 35.7 Å². The maximum atomic E-state index is 10.8. The Morgan fingerprint density at radius 3 is 2.71 bits per heavy atom. The zero-order chi connectivity index (χ0) is 10.6. The lowest BCUT2D eigenvalue weighted by molar-refractivity contribution is -0.132. The highest BCUT2D eigenvalue weighted by atomic mass is 16.4. The van der Waals surface area contributed by atoms with E-state index < -0.39 is 5.97 Å². The molecule has 74 valence electrons. The summed E-state index contributed by atoms with van der Waals surface area (Å²) >= 11 is 0. The average Bonchev–Trinajstić information content (AvgIpc) is 2.15. The Labute approximate surface area is 82.1 Å². The number of hydrogen-bond acceptors (Lipinski definition) is 3. The van der Waals surface area contributed by atoms with Gasteiger partial charge in [0.05, 0.1) is 5.57 Å². The third-order valence-corrected chi connectivity index (χ3v) is 1.82. The number of aliphatic carboxylic acids is 1. The van der Waals surface area contributed by atoms with Crippen LogP contribution < -0.4 is 5.73 Å². The molecule has 4 nitrogen and oxygen atoms in total. The molecule has 1 rings (SSSR count). The van der Waals surface area contributed by atoms with E-state index in [2.05, 4.69) is 4.98 Å². The van der Waals surface area contributed by atoms with Gasteiger partial charge in [-0.3, -0.25) is 4.98 Å². The second-order valence-corrected chi connectivity index (χ2v) is 2.96. The van der Waals surface area contributed by atoms with Crippen molar-refractivity contribution in [3.05, 3.63) is 41.4 Å². The summed E-state index contributed by atoms with van der Waals surface area (Å²) < 4.78 is 0. The largest absolute Gasteiger partial charge is 0.478 e. The van der Waals surface area contributed by atoms with Crippen LogP contribution >= 0.6 is 0 Å². The van der Waals surface area contributed by atoms with Crippen LogP contribution in [0.3, 0.4) is 0 Å². The standard InChI is InChI=1S/C10H12N2O2/c1-7(11)9(10(13)14)6-8-4-2-3-5-12-8/h2-5H,6,11H2,1H3,(H,13,14)/b9-7+. The second-order valence-electron chi connectivity index (χ2n) is 2.96. The van der Waals surface area contributed by atoms with Gasteiger partial charge in [-0.2, -0.15) is 0 Å². The van der Waals surface area contributed by atoms with Crippen LogP contribution in [-0.2, 0) is 11.2 Å². The van der Waals surface area contributed by atoms with Crippen molar-refractivity contribution in [1.29, 1.82) is 0 Å². The molecule has 0 amide bonds. The van der Waals surface area contributed by atoms with E-state index in [4.69, 9.17) is 10.8 Å². The molecule has 0 unspecified atom stereocenters. The Bertz CT molecular complexity index is 354. The van der Waals surface area contributed by atoms with Gasteiger partial charge in [-0.05, 0) is 19.1 Å². The number of carboxylic acids is 1. The molecule has 0 aliphatic heterocycles. The van der Waals surface area contributed by atoms with E-state index in [-0.39, 0.29) is 12.0 Å². The molecule has 1 aromatic rings. The summed E-state index contributed by atoms with van der Waals surface area (Å²) in [6.45, 7) is 1.58. The monoisotopic (exact) mass is 192 g/mol. The molecular formula is C10H12N2O2. The van der Waals surface area contributed by atoms with Crippen molar-refractivity contribution >= 4 is 5.97 Å². The maximum absolute atomic E-state index is 10.8. The van der Waals surface area contributed by atoms with E-state index >= 15 is 0 Å². The lowest BCUT2D eigenvalue weighted by Crippen LogP contribution is -2.11. The van der Waals surface area contributed by atoms with Gasteiger partial charge in [0.25, 0.3) is 0 Å². The lowest BCUT2D eigenvalue weighted by atomic mass is 10.1. The predicted molar refractivity (Wildman–Crippen MR) is 52.5 cm³/mol. The second kappa shape index (κ2) is 4.41. The molecule has 0 fully saturated rings. The first-order chi connectivity index (χ1) is 6.61. The van der Waals surface area contributed by atoms with Gasteiger partial charge in [0.1, 0.15) is 0 Å². The van der Waals surface area contributed by atoms with Crippen molar-refractivity contribution in [3.63, 3.8) is 0 Å². The topological polar surface area (TPSA) is 76.2 Å². The van der Waals surface area contributed by atoms with Crippen molar-refractivity contribution < 1.29 is 9.90 Å². The van der Waals surface area contributed by atoms with Crippen LogP contribution in [-0.4, -0.2) is 16.1 Å². The first-order valence-corrected chi connectivity index (χ1v) is 4.19. The molecule has 0 bridgehead atoms. The fourth-order valence-corrected chi connectivity index (χ4v) is 1.07. The Balaban J connectivity index is 2.87. The SMILES string of the molecule is C/C(N)=C(/Cc1ccccn1)C(=O)O. The molecule has 3 N–H and O–H groups in total. The van der Waals surface area contributed by atoms with Crippen LogP contribution in [0.2, 0.25) is 0 Å². The van der Waals surface area contributed by atoms with Crippen molar-refractivity contribution in [2.24, 2.45) is 5.73 Å². The summed E-state index contributed by atoms with van der Waals surface area (Å²) in [5, 5.41) is 8.84. The average molecular weight is 192 g/mol. The molecule has 0 spiro atoms. The zero-order valence-electron chi connectivity index (χ0n) is 7.90. The number of aromatic nitrogens is 1. The van der Waals surface area contributed by atoms with Crippen molar-refractivity contribution in [2.75, 3.05) is 0 Å². The highest BCUT2D eigenvalue weighted by Crippen LogP contribution is 2.07. The lowest BCUT2D eigenvalue weighted by Gasteiger charge is -2.03. The van der Waals surface area contributed by atoms with Crippen LogP contribution in [0.4, 0.5) is 0 Å². The highest BCUT2D eigenvalue weighted by Gasteiger charge is 2.10. The summed E-state index contributed by atoms with van der Waals surface area (Å²) in [4.78, 5) is 14.8. The number of hydrogen-bond donors (Lipinski definition) is 2. The van der Waals surface area contributed by atoms with Gasteiger partial charge in [-0.1, -0.05) is 6.07 Å². The number of allylic oxidation sites excluding steroid dienone is 1. The molecule has 0 saturated carbocycles. The quantitative estimate of drug-likeness (QED) is 0.699. The Morgan fingerprint density at radius 1 is 1.57 bits per heavy atom.